The Morgan fingerprint density at radius 2 is 1.40 bits per heavy atom. The Balaban J connectivity index is 1.90. The summed E-state index contributed by atoms with van der Waals surface area (Å²) in [5.74, 6) is 0.806. The predicted octanol–water partition coefficient (Wildman–Crippen LogP) is 1.66. The van der Waals surface area contributed by atoms with Gasteiger partial charge >= 0.3 is 11.9 Å². The number of ether oxygens (including phenoxy) is 1. The molecule has 3 heteroatoms. The normalized spacial score (nSPS) is 55.7. The van der Waals surface area contributed by atoms with Gasteiger partial charge in [-0.1, -0.05) is 0 Å². The van der Waals surface area contributed by atoms with Crippen LogP contribution in [-0.4, -0.2) is 11.9 Å². The molecule has 0 amide bonds. The molecule has 4 aliphatic carbocycles. The van der Waals surface area contributed by atoms with Gasteiger partial charge in [0.25, 0.3) is 0 Å². The van der Waals surface area contributed by atoms with Crippen molar-refractivity contribution in [3.63, 3.8) is 0 Å². The van der Waals surface area contributed by atoms with E-state index < -0.39 is 0 Å². The van der Waals surface area contributed by atoms with E-state index in [2.05, 4.69) is 0 Å². The Morgan fingerprint density at radius 1 is 0.933 bits per heavy atom. The average Bonchev–Trinajstić information content (AvgIpc) is 2.13. The quantitative estimate of drug-likeness (QED) is 0.447. The predicted molar refractivity (Wildman–Crippen MR) is 50.6 cm³/mol. The van der Waals surface area contributed by atoms with Gasteiger partial charge in [-0.05, 0) is 50.4 Å². The van der Waals surface area contributed by atoms with Crippen LogP contribution in [0.3, 0.4) is 0 Å². The van der Waals surface area contributed by atoms with Crippen LogP contribution in [0, 0.1) is 22.7 Å². The molecule has 5 fully saturated rings. The second kappa shape index (κ2) is 2.13. The van der Waals surface area contributed by atoms with Crippen molar-refractivity contribution in [3.8, 4) is 0 Å². The molecule has 0 aromatic rings. The minimum atomic E-state index is -0.252. The van der Waals surface area contributed by atoms with Crippen LogP contribution < -0.4 is 0 Å². The zero-order valence-corrected chi connectivity index (χ0v) is 8.62. The number of hydrogen-bond acceptors (Lipinski definition) is 3. The summed E-state index contributed by atoms with van der Waals surface area (Å²) in [7, 11) is 0. The summed E-state index contributed by atoms with van der Waals surface area (Å²) in [5.41, 5.74) is -0.504. The molecule has 80 valence electrons. The summed E-state index contributed by atoms with van der Waals surface area (Å²) in [6.45, 7) is 0. The molecule has 0 unspecified atom stereocenters. The van der Waals surface area contributed by atoms with Crippen LogP contribution in [0.2, 0.25) is 0 Å². The molecule has 1 aliphatic heterocycles. The highest BCUT2D eigenvalue weighted by Gasteiger charge is 2.67. The van der Waals surface area contributed by atoms with Gasteiger partial charge in [0, 0.05) is 0 Å². The van der Waals surface area contributed by atoms with Crippen molar-refractivity contribution in [1.82, 2.24) is 0 Å². The standard InChI is InChI=1S/C12H14O3/c13-9-11-2-7-1-8(4-11)5-12(3-7,6-11)10(14)15-9/h7-8H,1-6H2. The van der Waals surface area contributed by atoms with Crippen LogP contribution in [0.1, 0.15) is 38.5 Å². The van der Waals surface area contributed by atoms with Crippen LogP contribution >= 0.6 is 0 Å². The fourth-order valence-corrected chi connectivity index (χ4v) is 5.04. The number of cyclic esters (lactones) is 2. The van der Waals surface area contributed by atoms with Gasteiger partial charge in [-0.25, -0.2) is 0 Å². The second-order valence-electron chi connectivity index (χ2n) is 6.20. The summed E-state index contributed by atoms with van der Waals surface area (Å²) >= 11 is 0. The van der Waals surface area contributed by atoms with E-state index in [1.807, 2.05) is 0 Å². The Morgan fingerprint density at radius 3 is 1.87 bits per heavy atom. The van der Waals surface area contributed by atoms with Gasteiger partial charge in [0.1, 0.15) is 0 Å². The zero-order chi connectivity index (χ0) is 10.3. The van der Waals surface area contributed by atoms with Crippen LogP contribution in [0.5, 0.6) is 0 Å². The smallest absolute Gasteiger partial charge is 0.319 e. The van der Waals surface area contributed by atoms with Crippen molar-refractivity contribution >= 4 is 11.9 Å². The lowest BCUT2D eigenvalue weighted by molar-refractivity contribution is -0.216. The minimum Gasteiger partial charge on any atom is -0.392 e. The third kappa shape index (κ3) is 0.800. The topological polar surface area (TPSA) is 43.4 Å². The molecule has 0 N–H and O–H groups in total. The minimum absolute atomic E-state index is 0.211. The number of rotatable bonds is 0. The number of esters is 2. The van der Waals surface area contributed by atoms with E-state index in [1.54, 1.807) is 0 Å². The molecule has 1 saturated heterocycles. The maximum absolute atomic E-state index is 11.9. The first-order valence-corrected chi connectivity index (χ1v) is 5.89. The lowest BCUT2D eigenvalue weighted by Gasteiger charge is -2.61. The van der Waals surface area contributed by atoms with E-state index in [4.69, 9.17) is 4.74 Å². The summed E-state index contributed by atoms with van der Waals surface area (Å²) < 4.78 is 4.99. The van der Waals surface area contributed by atoms with E-state index in [0.717, 1.165) is 32.1 Å². The Kier molecular flexibility index (Phi) is 1.18. The number of carbonyl (C=O) groups is 2. The maximum atomic E-state index is 11.9. The zero-order valence-electron chi connectivity index (χ0n) is 8.62. The van der Waals surface area contributed by atoms with Crippen LogP contribution in [0.15, 0.2) is 0 Å². The summed E-state index contributed by atoms with van der Waals surface area (Å²) in [5, 5.41) is 0. The second-order valence-corrected chi connectivity index (χ2v) is 6.20. The Bertz CT molecular complexity index is 338. The largest absolute Gasteiger partial charge is 0.392 e. The first-order valence-electron chi connectivity index (χ1n) is 5.89. The maximum Gasteiger partial charge on any atom is 0.319 e. The lowest BCUT2D eigenvalue weighted by atomic mass is 9.43. The van der Waals surface area contributed by atoms with E-state index in [-0.39, 0.29) is 22.8 Å². The molecule has 1 heterocycles. The van der Waals surface area contributed by atoms with Crippen molar-refractivity contribution in [3.05, 3.63) is 0 Å². The molecule has 3 nitrogen and oxygen atoms in total. The van der Waals surface area contributed by atoms with Crippen LogP contribution in [0.25, 0.3) is 0 Å². The molecule has 0 radical (unpaired) electrons. The van der Waals surface area contributed by atoms with Crippen molar-refractivity contribution in [2.45, 2.75) is 38.5 Å². The lowest BCUT2D eigenvalue weighted by Crippen LogP contribution is -2.62. The first-order chi connectivity index (χ1) is 7.12. The van der Waals surface area contributed by atoms with Crippen LogP contribution in [-0.2, 0) is 14.3 Å². The monoisotopic (exact) mass is 206 g/mol. The van der Waals surface area contributed by atoms with Gasteiger partial charge in [-0.3, -0.25) is 9.59 Å². The fraction of sp³-hybridized carbons (Fsp3) is 0.833. The van der Waals surface area contributed by atoms with E-state index >= 15 is 0 Å². The highest BCUT2D eigenvalue weighted by atomic mass is 16.6. The molecule has 0 atom stereocenters. The average molecular weight is 206 g/mol. The molecule has 4 bridgehead atoms. The van der Waals surface area contributed by atoms with Crippen molar-refractivity contribution < 1.29 is 14.3 Å². The molecular formula is C12H14O3. The summed E-state index contributed by atoms with van der Waals surface area (Å²) in [4.78, 5) is 23.7. The number of hydrogen-bond donors (Lipinski definition) is 0. The third-order valence-electron chi connectivity index (χ3n) is 5.11. The fourth-order valence-electron chi connectivity index (χ4n) is 5.04. The molecule has 2 spiro atoms. The van der Waals surface area contributed by atoms with E-state index in [0.29, 0.717) is 11.8 Å². The molecular weight excluding hydrogens is 192 g/mol. The van der Waals surface area contributed by atoms with Gasteiger partial charge in [0.15, 0.2) is 0 Å². The van der Waals surface area contributed by atoms with Gasteiger partial charge in [-0.15, -0.1) is 0 Å². The Labute approximate surface area is 88.2 Å². The van der Waals surface area contributed by atoms with E-state index in [1.165, 1.54) is 6.42 Å². The molecule has 15 heavy (non-hydrogen) atoms. The van der Waals surface area contributed by atoms with Gasteiger partial charge in [0.05, 0.1) is 10.8 Å². The number of carbonyl (C=O) groups excluding carboxylic acids is 2. The summed E-state index contributed by atoms with van der Waals surface area (Å²) in [6, 6.07) is 0. The SMILES string of the molecule is O=C1OC(=O)C23CC4CC(CC1(C4)C2)C3. The highest BCUT2D eigenvalue weighted by molar-refractivity contribution is 5.96. The van der Waals surface area contributed by atoms with Gasteiger partial charge in [-0.2, -0.15) is 0 Å². The van der Waals surface area contributed by atoms with Crippen LogP contribution in [0.4, 0.5) is 0 Å². The molecule has 5 rings (SSSR count). The molecule has 5 aliphatic rings. The van der Waals surface area contributed by atoms with E-state index in [9.17, 15) is 9.59 Å². The summed E-state index contributed by atoms with van der Waals surface area (Å²) in [6.07, 6.45) is 5.97. The molecule has 0 aromatic heterocycles. The molecule has 0 aromatic carbocycles. The van der Waals surface area contributed by atoms with Crippen molar-refractivity contribution in [1.29, 1.82) is 0 Å². The molecule has 4 saturated carbocycles. The Hall–Kier alpha value is -0.860. The van der Waals surface area contributed by atoms with Crippen molar-refractivity contribution in [2.75, 3.05) is 0 Å². The third-order valence-corrected chi connectivity index (χ3v) is 5.11. The van der Waals surface area contributed by atoms with Gasteiger partial charge in [0.2, 0.25) is 0 Å². The first kappa shape index (κ1) is 8.31. The van der Waals surface area contributed by atoms with Gasteiger partial charge < -0.3 is 4.74 Å². The van der Waals surface area contributed by atoms with Crippen molar-refractivity contribution in [2.24, 2.45) is 22.7 Å². The highest BCUT2D eigenvalue weighted by Crippen LogP contribution is 2.67.